The molecule has 3 heteroatoms. The molecule has 3 N–H and O–H groups in total. The van der Waals surface area contributed by atoms with Crippen LogP contribution in [-0.2, 0) is 12.8 Å². The number of benzene rings is 2. The highest BCUT2D eigenvalue weighted by Crippen LogP contribution is 2.19. The van der Waals surface area contributed by atoms with Crippen LogP contribution in [0.15, 0.2) is 60.7 Å². The molecule has 0 unspecified atom stereocenters. The van der Waals surface area contributed by atoms with Gasteiger partial charge in [-0.2, -0.15) is 5.10 Å². The first-order valence-electron chi connectivity index (χ1n) is 6.75. The van der Waals surface area contributed by atoms with Gasteiger partial charge >= 0.3 is 0 Å². The number of nitrogen functional groups attached to an aromatic ring is 1. The number of hydrogen-bond acceptors (Lipinski definition) is 2. The van der Waals surface area contributed by atoms with Crippen molar-refractivity contribution in [2.24, 2.45) is 0 Å². The summed E-state index contributed by atoms with van der Waals surface area (Å²) in [7, 11) is 0. The molecular formula is C17H17N3. The molecule has 0 amide bonds. The number of aromatic nitrogens is 2. The number of H-pyrrole nitrogens is 1. The third-order valence-corrected chi connectivity index (χ3v) is 3.36. The molecule has 0 radical (unpaired) electrons. The lowest BCUT2D eigenvalue weighted by Gasteiger charge is -1.98. The van der Waals surface area contributed by atoms with E-state index in [4.69, 9.17) is 5.73 Å². The zero-order valence-corrected chi connectivity index (χ0v) is 11.2. The van der Waals surface area contributed by atoms with Crippen molar-refractivity contribution in [3.8, 4) is 11.3 Å². The zero-order valence-electron chi connectivity index (χ0n) is 11.2. The first-order valence-corrected chi connectivity index (χ1v) is 6.75. The van der Waals surface area contributed by atoms with Crippen LogP contribution in [0.1, 0.15) is 11.3 Å². The Morgan fingerprint density at radius 1 is 0.900 bits per heavy atom. The van der Waals surface area contributed by atoms with Gasteiger partial charge in [-0.05, 0) is 36.6 Å². The van der Waals surface area contributed by atoms with Crippen LogP contribution in [0.3, 0.4) is 0 Å². The average Bonchev–Trinajstić information content (AvgIpc) is 2.96. The van der Waals surface area contributed by atoms with E-state index in [0.717, 1.165) is 35.5 Å². The summed E-state index contributed by atoms with van der Waals surface area (Å²) in [6.45, 7) is 0. The number of hydrogen-bond donors (Lipinski definition) is 2. The molecule has 3 rings (SSSR count). The second-order valence-corrected chi connectivity index (χ2v) is 4.89. The molecule has 0 fully saturated rings. The van der Waals surface area contributed by atoms with Crippen molar-refractivity contribution in [2.45, 2.75) is 12.8 Å². The summed E-state index contributed by atoms with van der Waals surface area (Å²) in [5, 5.41) is 7.47. The summed E-state index contributed by atoms with van der Waals surface area (Å²) in [6.07, 6.45) is 1.98. The van der Waals surface area contributed by atoms with Gasteiger partial charge in [0.05, 0.1) is 5.69 Å². The monoisotopic (exact) mass is 263 g/mol. The molecule has 1 aromatic heterocycles. The molecule has 0 saturated carbocycles. The van der Waals surface area contributed by atoms with Crippen LogP contribution in [0.5, 0.6) is 0 Å². The van der Waals surface area contributed by atoms with E-state index in [2.05, 4.69) is 40.5 Å². The summed E-state index contributed by atoms with van der Waals surface area (Å²) in [6, 6.07) is 20.4. The minimum atomic E-state index is 0.772. The molecule has 0 saturated heterocycles. The van der Waals surface area contributed by atoms with E-state index in [1.54, 1.807) is 0 Å². The molecule has 3 aromatic rings. The molecule has 0 spiro atoms. The van der Waals surface area contributed by atoms with Crippen LogP contribution < -0.4 is 5.73 Å². The second kappa shape index (κ2) is 5.61. The zero-order chi connectivity index (χ0) is 13.8. The van der Waals surface area contributed by atoms with Crippen molar-refractivity contribution in [3.05, 3.63) is 71.9 Å². The predicted octanol–water partition coefficient (Wildman–Crippen LogP) is 3.44. The molecule has 2 aromatic carbocycles. The maximum absolute atomic E-state index is 5.69. The molecule has 3 nitrogen and oxygen atoms in total. The number of aromatic amines is 1. The fourth-order valence-electron chi connectivity index (χ4n) is 2.22. The SMILES string of the molecule is Nc1ccc(-c2cc(CCc3ccccc3)[nH]n2)cc1. The molecule has 0 aliphatic carbocycles. The maximum atomic E-state index is 5.69. The average molecular weight is 263 g/mol. The van der Waals surface area contributed by atoms with E-state index in [9.17, 15) is 0 Å². The highest BCUT2D eigenvalue weighted by molar-refractivity contribution is 5.61. The molecular weight excluding hydrogens is 246 g/mol. The molecule has 0 bridgehead atoms. The highest BCUT2D eigenvalue weighted by Gasteiger charge is 2.04. The van der Waals surface area contributed by atoms with E-state index in [1.807, 2.05) is 30.3 Å². The summed E-state index contributed by atoms with van der Waals surface area (Å²) < 4.78 is 0. The number of nitrogens with zero attached hydrogens (tertiary/aromatic N) is 1. The lowest BCUT2D eigenvalue weighted by Crippen LogP contribution is -1.90. The Labute approximate surface area is 118 Å². The quantitative estimate of drug-likeness (QED) is 0.708. The van der Waals surface area contributed by atoms with Crippen molar-refractivity contribution in [2.75, 3.05) is 5.73 Å². The number of nitrogens with one attached hydrogen (secondary N) is 1. The largest absolute Gasteiger partial charge is 0.399 e. The van der Waals surface area contributed by atoms with Crippen molar-refractivity contribution in [1.82, 2.24) is 10.2 Å². The number of aryl methyl sites for hydroxylation is 2. The Balaban J connectivity index is 1.69. The van der Waals surface area contributed by atoms with Gasteiger partial charge in [-0.25, -0.2) is 0 Å². The van der Waals surface area contributed by atoms with Gasteiger partial charge in [0.2, 0.25) is 0 Å². The molecule has 100 valence electrons. The minimum Gasteiger partial charge on any atom is -0.399 e. The summed E-state index contributed by atoms with van der Waals surface area (Å²) >= 11 is 0. The van der Waals surface area contributed by atoms with Crippen molar-refractivity contribution in [3.63, 3.8) is 0 Å². The van der Waals surface area contributed by atoms with E-state index < -0.39 is 0 Å². The van der Waals surface area contributed by atoms with Gasteiger partial charge in [-0.1, -0.05) is 42.5 Å². The molecule has 1 heterocycles. The minimum absolute atomic E-state index is 0.772. The standard InChI is InChI=1S/C17H17N3/c18-15-9-7-14(8-10-15)17-12-16(19-20-17)11-6-13-4-2-1-3-5-13/h1-5,7-10,12H,6,11,18H2,(H,19,20). The Morgan fingerprint density at radius 3 is 2.40 bits per heavy atom. The van der Waals surface area contributed by atoms with Gasteiger partial charge in [0.25, 0.3) is 0 Å². The Kier molecular flexibility index (Phi) is 3.50. The van der Waals surface area contributed by atoms with Gasteiger partial charge in [0.15, 0.2) is 0 Å². The van der Waals surface area contributed by atoms with Gasteiger partial charge in [0.1, 0.15) is 0 Å². The van der Waals surface area contributed by atoms with Crippen LogP contribution in [0.25, 0.3) is 11.3 Å². The highest BCUT2D eigenvalue weighted by atomic mass is 15.1. The lowest BCUT2D eigenvalue weighted by atomic mass is 10.1. The molecule has 0 aliphatic rings. The second-order valence-electron chi connectivity index (χ2n) is 4.89. The summed E-state index contributed by atoms with van der Waals surface area (Å²) in [4.78, 5) is 0. The van der Waals surface area contributed by atoms with Gasteiger partial charge in [-0.15, -0.1) is 0 Å². The summed E-state index contributed by atoms with van der Waals surface area (Å²) in [5.74, 6) is 0. The number of anilines is 1. The fraction of sp³-hybridized carbons (Fsp3) is 0.118. The van der Waals surface area contributed by atoms with Crippen LogP contribution >= 0.6 is 0 Å². The van der Waals surface area contributed by atoms with Gasteiger partial charge < -0.3 is 5.73 Å². The first-order chi connectivity index (χ1) is 9.81. The third-order valence-electron chi connectivity index (χ3n) is 3.36. The smallest absolute Gasteiger partial charge is 0.0923 e. The van der Waals surface area contributed by atoms with E-state index in [-0.39, 0.29) is 0 Å². The normalized spacial score (nSPS) is 10.6. The van der Waals surface area contributed by atoms with Crippen LogP contribution in [0.2, 0.25) is 0 Å². The Morgan fingerprint density at radius 2 is 1.65 bits per heavy atom. The Hall–Kier alpha value is -2.55. The van der Waals surface area contributed by atoms with Crippen LogP contribution in [-0.4, -0.2) is 10.2 Å². The van der Waals surface area contributed by atoms with Crippen molar-refractivity contribution in [1.29, 1.82) is 0 Å². The Bertz CT molecular complexity index is 669. The van der Waals surface area contributed by atoms with Crippen LogP contribution in [0.4, 0.5) is 5.69 Å². The van der Waals surface area contributed by atoms with Gasteiger partial charge in [-0.3, -0.25) is 5.10 Å². The van der Waals surface area contributed by atoms with Crippen molar-refractivity contribution < 1.29 is 0 Å². The molecule has 20 heavy (non-hydrogen) atoms. The van der Waals surface area contributed by atoms with Crippen LogP contribution in [0, 0.1) is 0 Å². The summed E-state index contributed by atoms with van der Waals surface area (Å²) in [5.41, 5.74) is 11.0. The van der Waals surface area contributed by atoms with E-state index >= 15 is 0 Å². The molecule has 0 aliphatic heterocycles. The topological polar surface area (TPSA) is 54.7 Å². The predicted molar refractivity (Wildman–Crippen MR) is 82.3 cm³/mol. The fourth-order valence-corrected chi connectivity index (χ4v) is 2.22. The maximum Gasteiger partial charge on any atom is 0.0923 e. The van der Waals surface area contributed by atoms with E-state index in [1.165, 1.54) is 5.56 Å². The molecule has 0 atom stereocenters. The van der Waals surface area contributed by atoms with E-state index in [0.29, 0.717) is 0 Å². The van der Waals surface area contributed by atoms with Gasteiger partial charge in [0, 0.05) is 16.9 Å². The third kappa shape index (κ3) is 2.88. The number of nitrogens with two attached hydrogens (primary N) is 1. The lowest BCUT2D eigenvalue weighted by molar-refractivity contribution is 0.893. The van der Waals surface area contributed by atoms with Crippen molar-refractivity contribution >= 4 is 5.69 Å². The number of rotatable bonds is 4. The first kappa shape index (κ1) is 12.5.